The molecule has 7 heteroatoms. The second-order valence-electron chi connectivity index (χ2n) is 3.00. The van der Waals surface area contributed by atoms with Gasteiger partial charge in [0.2, 0.25) is 21.8 Å². The molecule has 0 amide bonds. The van der Waals surface area contributed by atoms with Crippen molar-refractivity contribution in [1.82, 2.24) is 10.2 Å². The largest absolute Gasteiger partial charge is 0.424 e. The third-order valence-electron chi connectivity index (χ3n) is 1.30. The highest BCUT2D eigenvalue weighted by Crippen LogP contribution is 2.12. The van der Waals surface area contributed by atoms with Crippen LogP contribution in [0, 0.1) is 0 Å². The van der Waals surface area contributed by atoms with E-state index < -0.39 is 15.8 Å². The maximum atomic E-state index is 10.6. The molecule has 74 valence electrons. The van der Waals surface area contributed by atoms with Crippen LogP contribution in [0.15, 0.2) is 4.42 Å². The van der Waals surface area contributed by atoms with Crippen LogP contribution in [0.25, 0.3) is 0 Å². The molecule has 0 saturated heterocycles. The van der Waals surface area contributed by atoms with Crippen LogP contribution in [0.4, 0.5) is 0 Å². The van der Waals surface area contributed by atoms with Gasteiger partial charge in [-0.2, -0.15) is 0 Å². The van der Waals surface area contributed by atoms with Crippen molar-refractivity contribution >= 4 is 10.0 Å². The predicted molar refractivity (Wildman–Crippen MR) is 45.2 cm³/mol. The van der Waals surface area contributed by atoms with E-state index in [1.165, 1.54) is 0 Å². The first-order valence-electron chi connectivity index (χ1n) is 3.71. The molecule has 0 aliphatic carbocycles. The van der Waals surface area contributed by atoms with Gasteiger partial charge in [0.25, 0.3) is 0 Å². The van der Waals surface area contributed by atoms with Gasteiger partial charge in [-0.1, -0.05) is 13.8 Å². The molecule has 0 bridgehead atoms. The fraction of sp³-hybridized carbons (Fsp3) is 0.667. The van der Waals surface area contributed by atoms with Gasteiger partial charge < -0.3 is 4.42 Å². The monoisotopic (exact) mass is 205 g/mol. The Morgan fingerprint density at radius 3 is 2.46 bits per heavy atom. The first-order valence-corrected chi connectivity index (χ1v) is 5.43. The van der Waals surface area contributed by atoms with E-state index in [1.807, 2.05) is 13.8 Å². The minimum absolute atomic E-state index is 0.0335. The third-order valence-corrected chi connectivity index (χ3v) is 1.95. The smallest absolute Gasteiger partial charge is 0.232 e. The zero-order valence-corrected chi connectivity index (χ0v) is 8.21. The molecule has 0 saturated carbocycles. The predicted octanol–water partition coefficient (Wildman–Crippen LogP) is -0.0185. The maximum absolute atomic E-state index is 10.6. The fourth-order valence-electron chi connectivity index (χ4n) is 0.730. The van der Waals surface area contributed by atoms with Crippen LogP contribution in [0.1, 0.15) is 31.5 Å². The Labute approximate surface area is 76.2 Å². The summed E-state index contributed by atoms with van der Waals surface area (Å²) in [6, 6.07) is 0. The Balaban J connectivity index is 2.81. The lowest BCUT2D eigenvalue weighted by Crippen LogP contribution is -2.14. The van der Waals surface area contributed by atoms with E-state index in [0.29, 0.717) is 5.89 Å². The molecule has 1 rings (SSSR count). The van der Waals surface area contributed by atoms with E-state index >= 15 is 0 Å². The zero-order valence-electron chi connectivity index (χ0n) is 7.39. The summed E-state index contributed by atoms with van der Waals surface area (Å²) in [5, 5.41) is 12.0. The summed E-state index contributed by atoms with van der Waals surface area (Å²) in [4.78, 5) is 0. The van der Waals surface area contributed by atoms with Crippen LogP contribution >= 0.6 is 0 Å². The van der Waals surface area contributed by atoms with Gasteiger partial charge in [-0.15, -0.1) is 10.2 Å². The molecule has 0 aliphatic heterocycles. The molecule has 1 heterocycles. The Kier molecular flexibility index (Phi) is 2.67. The molecule has 0 atom stereocenters. The van der Waals surface area contributed by atoms with Gasteiger partial charge >= 0.3 is 0 Å². The second-order valence-corrected chi connectivity index (χ2v) is 4.61. The van der Waals surface area contributed by atoms with Crippen LogP contribution in [0.5, 0.6) is 0 Å². The van der Waals surface area contributed by atoms with Crippen molar-refractivity contribution < 1.29 is 12.8 Å². The minimum Gasteiger partial charge on any atom is -0.424 e. The fourth-order valence-corrected chi connectivity index (χ4v) is 1.19. The topological polar surface area (TPSA) is 99.1 Å². The van der Waals surface area contributed by atoms with Crippen molar-refractivity contribution in [2.24, 2.45) is 5.14 Å². The van der Waals surface area contributed by atoms with Crippen molar-refractivity contribution in [2.45, 2.75) is 25.5 Å². The summed E-state index contributed by atoms with van der Waals surface area (Å²) in [5.41, 5.74) is 0. The lowest BCUT2D eigenvalue weighted by molar-refractivity contribution is 0.442. The van der Waals surface area contributed by atoms with Gasteiger partial charge in [0, 0.05) is 5.92 Å². The lowest BCUT2D eigenvalue weighted by atomic mass is 10.2. The summed E-state index contributed by atoms with van der Waals surface area (Å²) in [6.07, 6.45) is 0. The third kappa shape index (κ3) is 3.11. The first-order chi connectivity index (χ1) is 5.88. The normalized spacial score (nSPS) is 12.3. The summed E-state index contributed by atoms with van der Waals surface area (Å²) in [5.74, 6) is 0.124. The summed E-state index contributed by atoms with van der Waals surface area (Å²) in [7, 11) is -3.59. The number of hydrogen-bond donors (Lipinski definition) is 1. The SMILES string of the molecule is CC(C)c1nnc(CS(N)(=O)=O)o1. The molecule has 6 nitrogen and oxygen atoms in total. The summed E-state index contributed by atoms with van der Waals surface area (Å²) >= 11 is 0. The molecule has 1 aromatic heterocycles. The van der Waals surface area contributed by atoms with Gasteiger partial charge in [-0.05, 0) is 0 Å². The van der Waals surface area contributed by atoms with Gasteiger partial charge in [-0.3, -0.25) is 0 Å². The van der Waals surface area contributed by atoms with E-state index in [-0.39, 0.29) is 11.8 Å². The van der Waals surface area contributed by atoms with E-state index in [1.54, 1.807) is 0 Å². The standard InChI is InChI=1S/C6H11N3O3S/c1-4(2)6-9-8-5(12-6)3-13(7,10)11/h4H,3H2,1-2H3,(H2,7,10,11). The highest BCUT2D eigenvalue weighted by atomic mass is 32.2. The van der Waals surface area contributed by atoms with Gasteiger partial charge in [-0.25, -0.2) is 13.6 Å². The van der Waals surface area contributed by atoms with E-state index in [0.717, 1.165) is 0 Å². The first kappa shape index (κ1) is 10.1. The average molecular weight is 205 g/mol. The van der Waals surface area contributed by atoms with Crippen molar-refractivity contribution in [2.75, 3.05) is 0 Å². The highest BCUT2D eigenvalue weighted by Gasteiger charge is 2.13. The van der Waals surface area contributed by atoms with E-state index in [2.05, 4.69) is 10.2 Å². The summed E-state index contributed by atoms with van der Waals surface area (Å²) in [6.45, 7) is 3.74. The molecule has 1 aromatic rings. The highest BCUT2D eigenvalue weighted by molar-refractivity contribution is 7.88. The molecule has 0 spiro atoms. The van der Waals surface area contributed by atoms with Crippen LogP contribution in [-0.2, 0) is 15.8 Å². The molecule has 0 aromatic carbocycles. The van der Waals surface area contributed by atoms with Crippen molar-refractivity contribution in [1.29, 1.82) is 0 Å². The minimum atomic E-state index is -3.59. The lowest BCUT2D eigenvalue weighted by Gasteiger charge is -1.94. The van der Waals surface area contributed by atoms with E-state index in [9.17, 15) is 8.42 Å². The molecule has 0 fully saturated rings. The van der Waals surface area contributed by atoms with Gasteiger partial charge in [0.05, 0.1) is 0 Å². The maximum Gasteiger partial charge on any atom is 0.232 e. The number of rotatable bonds is 3. The number of hydrogen-bond acceptors (Lipinski definition) is 5. The molecule has 2 N–H and O–H groups in total. The van der Waals surface area contributed by atoms with Crippen molar-refractivity contribution in [3.8, 4) is 0 Å². The van der Waals surface area contributed by atoms with Gasteiger partial charge in [0.1, 0.15) is 5.75 Å². The van der Waals surface area contributed by atoms with Gasteiger partial charge in [0.15, 0.2) is 0 Å². The molecule has 0 aliphatic rings. The molecule has 0 radical (unpaired) electrons. The molecule has 0 unspecified atom stereocenters. The average Bonchev–Trinajstić information content (AvgIpc) is 2.31. The quantitative estimate of drug-likeness (QED) is 0.747. The Bertz CT molecular complexity index is 382. The summed E-state index contributed by atoms with van der Waals surface area (Å²) < 4.78 is 26.3. The molecular weight excluding hydrogens is 194 g/mol. The van der Waals surface area contributed by atoms with Crippen molar-refractivity contribution in [3.05, 3.63) is 11.8 Å². The molecular formula is C6H11N3O3S. The van der Waals surface area contributed by atoms with Crippen LogP contribution in [-0.4, -0.2) is 18.6 Å². The second kappa shape index (κ2) is 3.43. The van der Waals surface area contributed by atoms with E-state index in [4.69, 9.17) is 9.56 Å². The number of nitrogens with zero attached hydrogens (tertiary/aromatic N) is 2. The van der Waals surface area contributed by atoms with Crippen LogP contribution in [0.2, 0.25) is 0 Å². The van der Waals surface area contributed by atoms with Crippen LogP contribution in [0.3, 0.4) is 0 Å². The van der Waals surface area contributed by atoms with Crippen LogP contribution < -0.4 is 5.14 Å². The number of aromatic nitrogens is 2. The Morgan fingerprint density at radius 1 is 1.46 bits per heavy atom. The number of sulfonamides is 1. The Morgan fingerprint density at radius 2 is 2.08 bits per heavy atom. The number of nitrogens with two attached hydrogens (primary N) is 1. The zero-order chi connectivity index (χ0) is 10.1. The Hall–Kier alpha value is -0.950. The van der Waals surface area contributed by atoms with Crippen molar-refractivity contribution in [3.63, 3.8) is 0 Å². The number of primary sulfonamides is 1. The molecule has 13 heavy (non-hydrogen) atoms.